The first-order chi connectivity index (χ1) is 11.5. The number of aryl methyl sites for hydroxylation is 1. The normalized spacial score (nSPS) is 18.0. The zero-order valence-corrected chi connectivity index (χ0v) is 14.7. The first kappa shape index (κ1) is 17.0. The summed E-state index contributed by atoms with van der Waals surface area (Å²) >= 11 is 0. The molecule has 2 aromatic rings. The molecule has 2 heterocycles. The fourth-order valence-electron chi connectivity index (χ4n) is 3.52. The molecule has 0 bridgehead atoms. The van der Waals surface area contributed by atoms with Crippen molar-refractivity contribution in [2.45, 2.75) is 39.7 Å². The van der Waals surface area contributed by atoms with E-state index >= 15 is 0 Å². The fourth-order valence-corrected chi connectivity index (χ4v) is 3.52. The van der Waals surface area contributed by atoms with Crippen molar-refractivity contribution in [2.24, 2.45) is 5.92 Å². The molecule has 24 heavy (non-hydrogen) atoms. The highest BCUT2D eigenvalue weighted by molar-refractivity contribution is 6.08. The second-order valence-electron chi connectivity index (χ2n) is 7.09. The molecule has 2 N–H and O–H groups in total. The topological polar surface area (TPSA) is 48.1 Å². The Morgan fingerprint density at radius 2 is 2.12 bits per heavy atom. The van der Waals surface area contributed by atoms with E-state index in [-0.39, 0.29) is 11.7 Å². The Bertz CT molecular complexity index is 732. The van der Waals surface area contributed by atoms with Gasteiger partial charge in [-0.15, -0.1) is 0 Å². The number of nitrogens with one attached hydrogen (secondary N) is 2. The molecule has 1 aliphatic heterocycles. The summed E-state index contributed by atoms with van der Waals surface area (Å²) in [5.74, 6) is 0.333. The zero-order chi connectivity index (χ0) is 17.3. The van der Waals surface area contributed by atoms with Gasteiger partial charge in [0.15, 0.2) is 0 Å². The molecule has 0 aliphatic carbocycles. The van der Waals surface area contributed by atoms with Gasteiger partial charge < -0.3 is 10.3 Å². The Labute approximate surface area is 142 Å². The third kappa shape index (κ3) is 3.46. The number of aromatic nitrogens is 1. The lowest BCUT2D eigenvalue weighted by Gasteiger charge is -2.35. The third-order valence-electron chi connectivity index (χ3n) is 5.17. The van der Waals surface area contributed by atoms with E-state index in [2.05, 4.69) is 29.0 Å². The van der Waals surface area contributed by atoms with Crippen molar-refractivity contribution in [1.82, 2.24) is 15.2 Å². The van der Waals surface area contributed by atoms with Gasteiger partial charge in [0, 0.05) is 29.2 Å². The Hall–Kier alpha value is -1.88. The lowest BCUT2D eigenvalue weighted by molar-refractivity contribution is 0.0923. The van der Waals surface area contributed by atoms with Crippen LogP contribution in [0.4, 0.5) is 4.39 Å². The van der Waals surface area contributed by atoms with Gasteiger partial charge in [-0.1, -0.05) is 6.92 Å². The van der Waals surface area contributed by atoms with Crippen LogP contribution in [0, 0.1) is 18.7 Å². The van der Waals surface area contributed by atoms with E-state index in [0.29, 0.717) is 23.5 Å². The van der Waals surface area contributed by atoms with Crippen molar-refractivity contribution in [3.8, 4) is 0 Å². The molecule has 1 atom stereocenters. The number of nitrogens with zero attached hydrogens (tertiary/aromatic N) is 1. The van der Waals surface area contributed by atoms with Crippen LogP contribution in [0.2, 0.25) is 0 Å². The van der Waals surface area contributed by atoms with Crippen molar-refractivity contribution >= 4 is 16.8 Å². The summed E-state index contributed by atoms with van der Waals surface area (Å²) in [6.45, 7) is 9.09. The SMILES string of the molecule is Cc1[nH]c2ccc(F)cc2c1C(=O)NCC(C)N1CCC(C)CC1. The molecule has 1 aromatic heterocycles. The maximum atomic E-state index is 13.5. The summed E-state index contributed by atoms with van der Waals surface area (Å²) in [6.07, 6.45) is 2.44. The van der Waals surface area contributed by atoms with Crippen molar-refractivity contribution < 1.29 is 9.18 Å². The van der Waals surface area contributed by atoms with Crippen LogP contribution < -0.4 is 5.32 Å². The molecule has 1 saturated heterocycles. The van der Waals surface area contributed by atoms with Gasteiger partial charge in [0.1, 0.15) is 5.82 Å². The monoisotopic (exact) mass is 331 g/mol. The number of benzene rings is 1. The zero-order valence-electron chi connectivity index (χ0n) is 14.7. The number of carbonyl (C=O) groups excluding carboxylic acids is 1. The van der Waals surface area contributed by atoms with Crippen LogP contribution in [-0.2, 0) is 0 Å². The predicted molar refractivity (Wildman–Crippen MR) is 94.8 cm³/mol. The Balaban J connectivity index is 1.67. The maximum Gasteiger partial charge on any atom is 0.253 e. The first-order valence-electron chi connectivity index (χ1n) is 8.75. The Morgan fingerprint density at radius 1 is 1.42 bits per heavy atom. The number of aromatic amines is 1. The van der Waals surface area contributed by atoms with Gasteiger partial charge in [0.2, 0.25) is 0 Å². The van der Waals surface area contributed by atoms with Crippen molar-refractivity contribution in [3.63, 3.8) is 0 Å². The van der Waals surface area contributed by atoms with E-state index in [9.17, 15) is 9.18 Å². The van der Waals surface area contributed by atoms with Gasteiger partial charge in [-0.2, -0.15) is 0 Å². The minimum atomic E-state index is -0.327. The molecule has 0 radical (unpaired) electrons. The first-order valence-corrected chi connectivity index (χ1v) is 8.75. The minimum absolute atomic E-state index is 0.137. The number of hydrogen-bond donors (Lipinski definition) is 2. The summed E-state index contributed by atoms with van der Waals surface area (Å²) in [7, 11) is 0. The molecule has 1 aliphatic rings. The van der Waals surface area contributed by atoms with Crippen LogP contribution in [0.15, 0.2) is 18.2 Å². The summed E-state index contributed by atoms with van der Waals surface area (Å²) in [5.41, 5.74) is 2.11. The predicted octanol–water partition coefficient (Wildman–Crippen LogP) is 3.47. The van der Waals surface area contributed by atoms with E-state index in [1.165, 1.54) is 25.0 Å². The minimum Gasteiger partial charge on any atom is -0.358 e. The van der Waals surface area contributed by atoms with Crippen molar-refractivity contribution in [1.29, 1.82) is 0 Å². The van der Waals surface area contributed by atoms with Gasteiger partial charge in [-0.3, -0.25) is 9.69 Å². The summed E-state index contributed by atoms with van der Waals surface area (Å²) in [4.78, 5) is 18.2. The van der Waals surface area contributed by atoms with Crippen LogP contribution in [0.3, 0.4) is 0 Å². The van der Waals surface area contributed by atoms with E-state index < -0.39 is 0 Å². The number of fused-ring (bicyclic) bond motifs is 1. The summed E-state index contributed by atoms with van der Waals surface area (Å²) < 4.78 is 13.5. The number of rotatable bonds is 4. The van der Waals surface area contributed by atoms with Crippen molar-refractivity contribution in [2.75, 3.05) is 19.6 Å². The molecule has 1 amide bonds. The lowest BCUT2D eigenvalue weighted by atomic mass is 9.98. The lowest BCUT2D eigenvalue weighted by Crippen LogP contribution is -2.45. The van der Waals surface area contributed by atoms with E-state index in [1.807, 2.05) is 6.92 Å². The number of likely N-dealkylation sites (tertiary alicyclic amines) is 1. The molecule has 3 rings (SSSR count). The molecule has 1 aromatic carbocycles. The summed E-state index contributed by atoms with van der Waals surface area (Å²) in [6, 6.07) is 4.80. The van der Waals surface area contributed by atoms with Crippen LogP contribution >= 0.6 is 0 Å². The highest BCUT2D eigenvalue weighted by Crippen LogP contribution is 2.23. The number of piperidine rings is 1. The fraction of sp³-hybridized carbons (Fsp3) is 0.526. The number of halogens is 1. The average Bonchev–Trinajstić information content (AvgIpc) is 2.88. The summed E-state index contributed by atoms with van der Waals surface area (Å²) in [5, 5.41) is 3.67. The average molecular weight is 331 g/mol. The number of carbonyl (C=O) groups is 1. The largest absolute Gasteiger partial charge is 0.358 e. The second kappa shape index (κ2) is 6.93. The third-order valence-corrected chi connectivity index (χ3v) is 5.17. The maximum absolute atomic E-state index is 13.5. The molecule has 1 fully saturated rings. The highest BCUT2D eigenvalue weighted by Gasteiger charge is 2.22. The van der Waals surface area contributed by atoms with Crippen molar-refractivity contribution in [3.05, 3.63) is 35.3 Å². The quantitative estimate of drug-likeness (QED) is 0.901. The molecule has 4 nitrogen and oxygen atoms in total. The molecule has 0 spiro atoms. The highest BCUT2D eigenvalue weighted by atomic mass is 19.1. The van der Waals surface area contributed by atoms with Crippen LogP contribution in [-0.4, -0.2) is 41.5 Å². The van der Waals surface area contributed by atoms with Gasteiger partial charge in [-0.25, -0.2) is 4.39 Å². The molecular weight excluding hydrogens is 305 g/mol. The Morgan fingerprint density at radius 3 is 2.83 bits per heavy atom. The smallest absolute Gasteiger partial charge is 0.253 e. The van der Waals surface area contributed by atoms with Crippen LogP contribution in [0.25, 0.3) is 10.9 Å². The Kier molecular flexibility index (Phi) is 4.90. The number of H-pyrrole nitrogens is 1. The number of hydrogen-bond acceptors (Lipinski definition) is 2. The molecular formula is C19H26FN3O. The standard InChI is InChI=1S/C19H26FN3O/c1-12-6-8-23(9-7-12)13(2)11-21-19(24)18-14(3)22-17-5-4-15(20)10-16(17)18/h4-5,10,12-13,22H,6-9,11H2,1-3H3,(H,21,24). The van der Waals surface area contributed by atoms with E-state index in [0.717, 1.165) is 30.2 Å². The molecule has 0 saturated carbocycles. The van der Waals surface area contributed by atoms with E-state index in [4.69, 9.17) is 0 Å². The molecule has 5 heteroatoms. The van der Waals surface area contributed by atoms with Crippen LogP contribution in [0.1, 0.15) is 42.7 Å². The second-order valence-corrected chi connectivity index (χ2v) is 7.09. The van der Waals surface area contributed by atoms with Gasteiger partial charge in [0.25, 0.3) is 5.91 Å². The molecule has 130 valence electrons. The van der Waals surface area contributed by atoms with E-state index in [1.54, 1.807) is 6.07 Å². The van der Waals surface area contributed by atoms with Gasteiger partial charge in [0.05, 0.1) is 5.56 Å². The van der Waals surface area contributed by atoms with Gasteiger partial charge in [-0.05, 0) is 63.9 Å². The number of amides is 1. The van der Waals surface area contributed by atoms with Gasteiger partial charge >= 0.3 is 0 Å². The molecule has 1 unspecified atom stereocenters. The van der Waals surface area contributed by atoms with Crippen LogP contribution in [0.5, 0.6) is 0 Å².